The van der Waals surface area contributed by atoms with Gasteiger partial charge in [0.15, 0.2) is 0 Å². The number of aliphatic hydroxyl groups is 1. The average molecular weight is 285 g/mol. The van der Waals surface area contributed by atoms with Crippen molar-refractivity contribution in [3.05, 3.63) is 35.9 Å². The molecule has 1 aliphatic heterocycles. The first-order chi connectivity index (χ1) is 10.2. The molecule has 21 heavy (non-hydrogen) atoms. The second-order valence-electron chi connectivity index (χ2n) is 5.97. The highest BCUT2D eigenvalue weighted by Gasteiger charge is 2.22. The van der Waals surface area contributed by atoms with Gasteiger partial charge in [-0.3, -0.25) is 0 Å². The van der Waals surface area contributed by atoms with Gasteiger partial charge in [0.2, 0.25) is 0 Å². The van der Waals surface area contributed by atoms with Crippen molar-refractivity contribution in [2.75, 3.05) is 32.1 Å². The topological polar surface area (TPSA) is 39.6 Å². The first-order valence-electron chi connectivity index (χ1n) is 7.60. The maximum atomic E-state index is 9.61. The Kier molecular flexibility index (Phi) is 4.08. The summed E-state index contributed by atoms with van der Waals surface area (Å²) in [7, 11) is 4.28. The highest BCUT2D eigenvalue weighted by molar-refractivity contribution is 5.84. The highest BCUT2D eigenvalue weighted by Crippen LogP contribution is 2.24. The third kappa shape index (κ3) is 2.87. The van der Waals surface area contributed by atoms with Crippen LogP contribution in [0.2, 0.25) is 0 Å². The summed E-state index contributed by atoms with van der Waals surface area (Å²) in [5.74, 6) is 0.943. The van der Waals surface area contributed by atoms with Crippen LogP contribution in [0.1, 0.15) is 18.4 Å². The van der Waals surface area contributed by atoms with Crippen LogP contribution < -0.4 is 4.90 Å². The fourth-order valence-electron chi connectivity index (χ4n) is 3.18. The van der Waals surface area contributed by atoms with Crippen LogP contribution in [0.15, 0.2) is 30.3 Å². The van der Waals surface area contributed by atoms with Gasteiger partial charge in [-0.1, -0.05) is 18.2 Å². The summed E-state index contributed by atoms with van der Waals surface area (Å²) in [6.07, 6.45) is 2.53. The molecule has 0 spiro atoms. The third-order valence-electron chi connectivity index (χ3n) is 4.51. The number of anilines is 1. The normalized spacial score (nSPS) is 19.3. The highest BCUT2D eigenvalue weighted by atomic mass is 16.3. The van der Waals surface area contributed by atoms with Gasteiger partial charge in [-0.2, -0.15) is 0 Å². The third-order valence-corrected chi connectivity index (χ3v) is 4.51. The molecule has 0 radical (unpaired) electrons. The Morgan fingerprint density at radius 3 is 2.90 bits per heavy atom. The van der Waals surface area contributed by atoms with E-state index < -0.39 is 0 Å². The Balaban J connectivity index is 1.88. The number of likely N-dealkylation sites (N-methyl/N-ethyl adjacent to an activating group) is 2. The zero-order valence-electron chi connectivity index (χ0n) is 12.8. The minimum atomic E-state index is 0.0488. The molecule has 1 saturated heterocycles. The number of pyridine rings is 1. The van der Waals surface area contributed by atoms with Gasteiger partial charge in [-0.15, -0.1) is 0 Å². The van der Waals surface area contributed by atoms with Gasteiger partial charge in [0.25, 0.3) is 0 Å². The van der Waals surface area contributed by atoms with Crippen LogP contribution in [0.4, 0.5) is 5.82 Å². The van der Waals surface area contributed by atoms with E-state index in [-0.39, 0.29) is 6.61 Å². The predicted molar refractivity (Wildman–Crippen MR) is 86.6 cm³/mol. The summed E-state index contributed by atoms with van der Waals surface area (Å²) in [5.41, 5.74) is 1.90. The molecule has 1 N–H and O–H groups in total. The summed E-state index contributed by atoms with van der Waals surface area (Å²) in [4.78, 5) is 9.37. The summed E-state index contributed by atoms with van der Waals surface area (Å²) in [5, 5.41) is 10.7. The number of hydrogen-bond acceptors (Lipinski definition) is 4. The van der Waals surface area contributed by atoms with Crippen molar-refractivity contribution in [1.29, 1.82) is 0 Å². The van der Waals surface area contributed by atoms with E-state index >= 15 is 0 Å². The standard InChI is InChI=1S/C17H23N3O/c1-19-9-5-6-14(19)11-20(2)17-10-13(12-21)15-7-3-4-8-16(15)18-17/h3-4,7-8,10,14,21H,5-6,9,11-12H2,1-2H3. The summed E-state index contributed by atoms with van der Waals surface area (Å²) >= 11 is 0. The average Bonchev–Trinajstić information content (AvgIpc) is 2.91. The van der Waals surface area contributed by atoms with Crippen molar-refractivity contribution in [2.45, 2.75) is 25.5 Å². The van der Waals surface area contributed by atoms with Crippen LogP contribution in [0.5, 0.6) is 0 Å². The smallest absolute Gasteiger partial charge is 0.129 e. The number of benzene rings is 1. The van der Waals surface area contributed by atoms with Crippen LogP contribution in [0.25, 0.3) is 10.9 Å². The number of likely N-dealkylation sites (tertiary alicyclic amines) is 1. The lowest BCUT2D eigenvalue weighted by molar-refractivity contribution is 0.283. The molecule has 0 aliphatic carbocycles. The lowest BCUT2D eigenvalue weighted by Crippen LogP contribution is -2.37. The van der Waals surface area contributed by atoms with E-state index in [9.17, 15) is 5.11 Å². The van der Waals surface area contributed by atoms with Crippen LogP contribution >= 0.6 is 0 Å². The molecule has 1 aliphatic rings. The molecule has 1 aromatic carbocycles. The molecule has 2 heterocycles. The summed E-state index contributed by atoms with van der Waals surface area (Å²) in [6.45, 7) is 2.21. The Hall–Kier alpha value is -1.65. The predicted octanol–water partition coefficient (Wildman–Crippen LogP) is 2.26. The number of aromatic nitrogens is 1. The van der Waals surface area contributed by atoms with E-state index in [1.807, 2.05) is 30.3 Å². The zero-order valence-corrected chi connectivity index (χ0v) is 12.8. The summed E-state index contributed by atoms with van der Waals surface area (Å²) in [6, 6.07) is 10.6. The molecule has 0 saturated carbocycles. The van der Waals surface area contributed by atoms with Crippen LogP contribution in [-0.2, 0) is 6.61 Å². The monoisotopic (exact) mass is 285 g/mol. The van der Waals surface area contributed by atoms with E-state index in [1.54, 1.807) is 0 Å². The molecular formula is C17H23N3O. The Morgan fingerprint density at radius 2 is 2.19 bits per heavy atom. The largest absolute Gasteiger partial charge is 0.392 e. The number of hydrogen-bond donors (Lipinski definition) is 1. The Bertz CT molecular complexity index is 628. The molecule has 1 fully saturated rings. The van der Waals surface area contributed by atoms with Crippen molar-refractivity contribution < 1.29 is 5.11 Å². The first kappa shape index (κ1) is 14.3. The molecule has 1 unspecified atom stereocenters. The van der Waals surface area contributed by atoms with E-state index in [0.29, 0.717) is 6.04 Å². The Labute approximate surface area is 126 Å². The van der Waals surface area contributed by atoms with E-state index in [2.05, 4.69) is 23.9 Å². The Morgan fingerprint density at radius 1 is 1.38 bits per heavy atom. The fourth-order valence-corrected chi connectivity index (χ4v) is 3.18. The van der Waals surface area contributed by atoms with Crippen molar-refractivity contribution in [3.63, 3.8) is 0 Å². The van der Waals surface area contributed by atoms with Crippen LogP contribution in [-0.4, -0.2) is 48.2 Å². The zero-order chi connectivity index (χ0) is 14.8. The first-order valence-corrected chi connectivity index (χ1v) is 7.60. The molecule has 2 aromatic rings. The quantitative estimate of drug-likeness (QED) is 0.935. The maximum Gasteiger partial charge on any atom is 0.129 e. The number of aliphatic hydroxyl groups excluding tert-OH is 1. The number of nitrogens with zero attached hydrogens (tertiary/aromatic N) is 3. The molecule has 3 rings (SSSR count). The lowest BCUT2D eigenvalue weighted by Gasteiger charge is -2.27. The van der Waals surface area contributed by atoms with Gasteiger partial charge in [0.05, 0.1) is 12.1 Å². The fraction of sp³-hybridized carbons (Fsp3) is 0.471. The van der Waals surface area contributed by atoms with E-state index in [0.717, 1.165) is 28.8 Å². The minimum absolute atomic E-state index is 0.0488. The molecular weight excluding hydrogens is 262 g/mol. The van der Waals surface area contributed by atoms with Crippen LogP contribution in [0.3, 0.4) is 0 Å². The number of rotatable bonds is 4. The van der Waals surface area contributed by atoms with Gasteiger partial charge >= 0.3 is 0 Å². The van der Waals surface area contributed by atoms with Gasteiger partial charge in [-0.05, 0) is 44.1 Å². The molecule has 4 nitrogen and oxygen atoms in total. The summed E-state index contributed by atoms with van der Waals surface area (Å²) < 4.78 is 0. The minimum Gasteiger partial charge on any atom is -0.392 e. The van der Waals surface area contributed by atoms with Crippen molar-refractivity contribution in [2.24, 2.45) is 0 Å². The van der Waals surface area contributed by atoms with Crippen molar-refractivity contribution in [3.8, 4) is 0 Å². The maximum absolute atomic E-state index is 9.61. The molecule has 1 atom stereocenters. The number of fused-ring (bicyclic) bond motifs is 1. The lowest BCUT2D eigenvalue weighted by atomic mass is 10.1. The number of para-hydroxylation sites is 1. The van der Waals surface area contributed by atoms with Gasteiger partial charge < -0.3 is 14.9 Å². The molecule has 4 heteroatoms. The second-order valence-corrected chi connectivity index (χ2v) is 5.97. The molecule has 112 valence electrons. The van der Waals surface area contributed by atoms with Gasteiger partial charge in [0, 0.05) is 25.0 Å². The molecule has 0 amide bonds. The van der Waals surface area contributed by atoms with Gasteiger partial charge in [-0.25, -0.2) is 4.98 Å². The van der Waals surface area contributed by atoms with Gasteiger partial charge in [0.1, 0.15) is 5.82 Å². The van der Waals surface area contributed by atoms with E-state index in [4.69, 9.17) is 4.98 Å². The molecule has 0 bridgehead atoms. The van der Waals surface area contributed by atoms with Crippen LogP contribution in [0, 0.1) is 0 Å². The molecule has 1 aromatic heterocycles. The van der Waals surface area contributed by atoms with E-state index in [1.165, 1.54) is 19.4 Å². The SMILES string of the molecule is CN(CC1CCCN1C)c1cc(CO)c2ccccc2n1. The second kappa shape index (κ2) is 6.00. The van der Waals surface area contributed by atoms with Crippen molar-refractivity contribution in [1.82, 2.24) is 9.88 Å². The van der Waals surface area contributed by atoms with Crippen molar-refractivity contribution >= 4 is 16.7 Å².